The first-order valence-corrected chi connectivity index (χ1v) is 6.86. The lowest BCUT2D eigenvalue weighted by Gasteiger charge is -2.14. The summed E-state index contributed by atoms with van der Waals surface area (Å²) in [4.78, 5) is 10.0. The van der Waals surface area contributed by atoms with Crippen molar-refractivity contribution in [1.29, 1.82) is 0 Å². The van der Waals surface area contributed by atoms with E-state index in [0.717, 1.165) is 19.1 Å². The molecule has 0 aliphatic rings. The predicted molar refractivity (Wildman–Crippen MR) is 63.6 cm³/mol. The fraction of sp³-hybridized carbons (Fsp3) is 0.364. The highest BCUT2D eigenvalue weighted by atomic mass is 32.2. The van der Waals surface area contributed by atoms with Gasteiger partial charge in [-0.25, -0.2) is 8.42 Å². The minimum Gasteiger partial charge on any atom is -0.480 e. The number of hydrogen-bond acceptors (Lipinski definition) is 3. The lowest BCUT2D eigenvalue weighted by Crippen LogP contribution is -2.38. The number of rotatable bonds is 4. The molecule has 0 aliphatic heterocycles. The highest BCUT2D eigenvalue weighted by Crippen LogP contribution is 2.31. The van der Waals surface area contributed by atoms with E-state index in [1.165, 1.54) is 6.92 Å². The Bertz CT molecular complexity index is 625. The third-order valence-corrected chi connectivity index (χ3v) is 4.19. The Kier molecular flexibility index (Phi) is 4.45. The van der Waals surface area contributed by atoms with Crippen LogP contribution in [0, 0.1) is 6.92 Å². The van der Waals surface area contributed by atoms with Crippen molar-refractivity contribution >= 4 is 16.0 Å². The standard InChI is InChI=1S/C11H12F3NO4S/c1-6-3-4-8(11(12,13)14)5-9(6)20(18,19)15-7(2)10(16)17/h3-5,7,15H,1-2H3,(H,16,17)/t7-/m0/s1. The van der Waals surface area contributed by atoms with E-state index in [4.69, 9.17) is 5.11 Å². The molecule has 0 saturated carbocycles. The molecule has 0 amide bonds. The molecule has 1 atom stereocenters. The Morgan fingerprint density at radius 3 is 2.35 bits per heavy atom. The Hall–Kier alpha value is -1.61. The average Bonchev–Trinajstić information content (AvgIpc) is 2.26. The number of alkyl halides is 3. The highest BCUT2D eigenvalue weighted by molar-refractivity contribution is 7.89. The maximum Gasteiger partial charge on any atom is 0.416 e. The summed E-state index contributed by atoms with van der Waals surface area (Å²) in [6.07, 6.45) is -4.68. The van der Waals surface area contributed by atoms with Gasteiger partial charge in [-0.05, 0) is 31.5 Å². The molecular formula is C11H12F3NO4S. The van der Waals surface area contributed by atoms with Gasteiger partial charge in [0, 0.05) is 0 Å². The molecule has 2 N–H and O–H groups in total. The van der Waals surface area contributed by atoms with Gasteiger partial charge in [0.25, 0.3) is 0 Å². The molecule has 0 fully saturated rings. The van der Waals surface area contributed by atoms with Gasteiger partial charge < -0.3 is 5.11 Å². The number of nitrogens with one attached hydrogen (secondary N) is 1. The first-order valence-electron chi connectivity index (χ1n) is 5.38. The normalized spacial score (nSPS) is 14.1. The molecule has 0 unspecified atom stereocenters. The molecule has 9 heteroatoms. The first kappa shape index (κ1) is 16.4. The second-order valence-electron chi connectivity index (χ2n) is 4.16. The van der Waals surface area contributed by atoms with Crippen LogP contribution in [-0.2, 0) is 21.0 Å². The summed E-state index contributed by atoms with van der Waals surface area (Å²) in [6, 6.07) is 0.804. The maximum absolute atomic E-state index is 12.6. The average molecular weight is 311 g/mol. The molecule has 1 rings (SSSR count). The smallest absolute Gasteiger partial charge is 0.416 e. The molecule has 1 aromatic carbocycles. The van der Waals surface area contributed by atoms with E-state index in [2.05, 4.69) is 0 Å². The number of aliphatic carboxylic acids is 1. The van der Waals surface area contributed by atoms with Crippen LogP contribution in [0.4, 0.5) is 13.2 Å². The third kappa shape index (κ3) is 3.70. The minimum absolute atomic E-state index is 0.0862. The molecule has 0 aliphatic carbocycles. The Morgan fingerprint density at radius 2 is 1.90 bits per heavy atom. The molecule has 20 heavy (non-hydrogen) atoms. The van der Waals surface area contributed by atoms with E-state index in [1.807, 2.05) is 0 Å². The molecule has 0 saturated heterocycles. The van der Waals surface area contributed by atoms with Gasteiger partial charge in [0.15, 0.2) is 0 Å². The van der Waals surface area contributed by atoms with Gasteiger partial charge in [-0.15, -0.1) is 0 Å². The van der Waals surface area contributed by atoms with E-state index < -0.39 is 38.7 Å². The van der Waals surface area contributed by atoms with Crippen LogP contribution in [0.25, 0.3) is 0 Å². The zero-order valence-electron chi connectivity index (χ0n) is 10.5. The molecular weight excluding hydrogens is 299 g/mol. The fourth-order valence-corrected chi connectivity index (χ4v) is 2.88. The van der Waals surface area contributed by atoms with E-state index >= 15 is 0 Å². The monoisotopic (exact) mass is 311 g/mol. The fourth-order valence-electron chi connectivity index (χ4n) is 1.41. The minimum atomic E-state index is -4.68. The lowest BCUT2D eigenvalue weighted by molar-refractivity contribution is -0.139. The summed E-state index contributed by atoms with van der Waals surface area (Å²) < 4.78 is 63.3. The number of aryl methyl sites for hydroxylation is 1. The molecule has 0 heterocycles. The first-order chi connectivity index (χ1) is 8.95. The van der Waals surface area contributed by atoms with Gasteiger partial charge in [-0.1, -0.05) is 6.07 Å². The SMILES string of the molecule is Cc1ccc(C(F)(F)F)cc1S(=O)(=O)N[C@@H](C)C(=O)O. The maximum atomic E-state index is 12.6. The summed E-state index contributed by atoms with van der Waals surface area (Å²) >= 11 is 0. The molecule has 1 aromatic rings. The number of carboxylic acids is 1. The van der Waals surface area contributed by atoms with Crippen LogP contribution in [0.2, 0.25) is 0 Å². The summed E-state index contributed by atoms with van der Waals surface area (Å²) in [5, 5.41) is 8.64. The van der Waals surface area contributed by atoms with Crippen LogP contribution in [-0.4, -0.2) is 25.5 Å². The van der Waals surface area contributed by atoms with Crippen LogP contribution in [0.15, 0.2) is 23.1 Å². The molecule has 0 spiro atoms. The van der Waals surface area contributed by atoms with Gasteiger partial charge in [-0.3, -0.25) is 4.79 Å². The molecule has 0 aromatic heterocycles. The zero-order valence-corrected chi connectivity index (χ0v) is 11.3. The van der Waals surface area contributed by atoms with Gasteiger partial charge in [-0.2, -0.15) is 17.9 Å². The van der Waals surface area contributed by atoms with Crippen LogP contribution in [0.3, 0.4) is 0 Å². The number of halogens is 3. The van der Waals surface area contributed by atoms with Crippen LogP contribution in [0.5, 0.6) is 0 Å². The summed E-state index contributed by atoms with van der Waals surface area (Å²) in [7, 11) is -4.35. The van der Waals surface area contributed by atoms with Crippen LogP contribution in [0.1, 0.15) is 18.1 Å². The van der Waals surface area contributed by atoms with Gasteiger partial charge in [0.1, 0.15) is 6.04 Å². The second kappa shape index (κ2) is 5.41. The van der Waals surface area contributed by atoms with Crippen molar-refractivity contribution in [2.45, 2.75) is 31.0 Å². The van der Waals surface area contributed by atoms with Crippen LogP contribution < -0.4 is 4.72 Å². The predicted octanol–water partition coefficient (Wildman–Crippen LogP) is 1.77. The largest absolute Gasteiger partial charge is 0.480 e. The highest BCUT2D eigenvalue weighted by Gasteiger charge is 2.33. The van der Waals surface area contributed by atoms with E-state index in [0.29, 0.717) is 6.07 Å². The van der Waals surface area contributed by atoms with Gasteiger partial charge >= 0.3 is 12.1 Å². The molecule has 0 bridgehead atoms. The van der Waals surface area contributed by atoms with E-state index in [9.17, 15) is 26.4 Å². The van der Waals surface area contributed by atoms with Crippen LogP contribution >= 0.6 is 0 Å². The Morgan fingerprint density at radius 1 is 1.35 bits per heavy atom. The number of benzene rings is 1. The van der Waals surface area contributed by atoms with Crippen molar-refractivity contribution in [3.05, 3.63) is 29.3 Å². The van der Waals surface area contributed by atoms with Crippen molar-refractivity contribution in [2.75, 3.05) is 0 Å². The Balaban J connectivity index is 3.28. The summed E-state index contributed by atoms with van der Waals surface area (Å²) in [5.74, 6) is -1.43. The number of carboxylic acid groups (broad SMARTS) is 1. The number of sulfonamides is 1. The van der Waals surface area contributed by atoms with Crippen molar-refractivity contribution in [1.82, 2.24) is 4.72 Å². The lowest BCUT2D eigenvalue weighted by atomic mass is 10.1. The van der Waals surface area contributed by atoms with Gasteiger partial charge in [0.2, 0.25) is 10.0 Å². The zero-order chi connectivity index (χ0) is 15.7. The quantitative estimate of drug-likeness (QED) is 0.887. The third-order valence-electron chi connectivity index (χ3n) is 2.51. The van der Waals surface area contributed by atoms with Crippen molar-refractivity contribution in [3.63, 3.8) is 0 Å². The van der Waals surface area contributed by atoms with Crippen molar-refractivity contribution in [3.8, 4) is 0 Å². The summed E-state index contributed by atoms with van der Waals surface area (Å²) in [6.45, 7) is 2.39. The van der Waals surface area contributed by atoms with E-state index in [1.54, 1.807) is 4.72 Å². The topological polar surface area (TPSA) is 83.5 Å². The van der Waals surface area contributed by atoms with Gasteiger partial charge in [0.05, 0.1) is 10.5 Å². The molecule has 112 valence electrons. The van der Waals surface area contributed by atoms with Crippen molar-refractivity contribution < 1.29 is 31.5 Å². The van der Waals surface area contributed by atoms with Crippen molar-refractivity contribution in [2.24, 2.45) is 0 Å². The number of carbonyl (C=O) groups is 1. The van der Waals surface area contributed by atoms with E-state index in [-0.39, 0.29) is 5.56 Å². The molecule has 5 nitrogen and oxygen atoms in total. The Labute approximate surface area is 113 Å². The second-order valence-corrected chi connectivity index (χ2v) is 5.84. The summed E-state index contributed by atoms with van der Waals surface area (Å²) in [5.41, 5.74) is -1.03. The molecule has 0 radical (unpaired) electrons. The number of hydrogen-bond donors (Lipinski definition) is 2.